The summed E-state index contributed by atoms with van der Waals surface area (Å²) in [6.07, 6.45) is 0. The molecule has 2 rings (SSSR count). The summed E-state index contributed by atoms with van der Waals surface area (Å²) in [7, 11) is -3.60. The molecule has 144 valence electrons. The van der Waals surface area contributed by atoms with E-state index in [-0.39, 0.29) is 35.8 Å². The molecule has 2 aromatic rings. The van der Waals surface area contributed by atoms with E-state index in [0.29, 0.717) is 12.1 Å². The molecule has 0 aliphatic heterocycles. The number of rotatable bonds is 9. The van der Waals surface area contributed by atoms with Gasteiger partial charge in [-0.25, -0.2) is 13.1 Å². The van der Waals surface area contributed by atoms with Crippen molar-refractivity contribution in [3.05, 3.63) is 52.2 Å². The van der Waals surface area contributed by atoms with Gasteiger partial charge in [0.15, 0.2) is 0 Å². The summed E-state index contributed by atoms with van der Waals surface area (Å²) in [5.74, 6) is -0.222. The highest BCUT2D eigenvalue weighted by Crippen LogP contribution is 2.13. The third-order valence-corrected chi connectivity index (χ3v) is 5.86. The van der Waals surface area contributed by atoms with E-state index < -0.39 is 10.0 Å². The van der Waals surface area contributed by atoms with E-state index in [9.17, 15) is 13.2 Å². The molecule has 9 heteroatoms. The maximum atomic E-state index is 12.3. The molecule has 1 aromatic heterocycles. The van der Waals surface area contributed by atoms with Crippen LogP contribution in [0.15, 0.2) is 46.7 Å². The van der Waals surface area contributed by atoms with Gasteiger partial charge >= 0.3 is 0 Å². The Balaban J connectivity index is 0.00000338. The minimum Gasteiger partial charge on any atom is -0.350 e. The van der Waals surface area contributed by atoms with E-state index >= 15 is 0 Å². The first-order valence-electron chi connectivity index (χ1n) is 8.06. The average Bonchev–Trinajstić information content (AvgIpc) is 3.12. The number of carbonyl (C=O) groups is 1. The molecule has 1 atom stereocenters. The predicted octanol–water partition coefficient (Wildman–Crippen LogP) is 2.38. The fourth-order valence-electron chi connectivity index (χ4n) is 2.22. The van der Waals surface area contributed by atoms with Crippen molar-refractivity contribution in [2.45, 2.75) is 31.3 Å². The Hall–Kier alpha value is -1.45. The molecule has 0 aliphatic rings. The zero-order chi connectivity index (χ0) is 18.3. The predicted molar refractivity (Wildman–Crippen MR) is 108 cm³/mol. The van der Waals surface area contributed by atoms with Gasteiger partial charge in [0.05, 0.1) is 4.90 Å². The smallest absolute Gasteiger partial charge is 0.251 e. The molecule has 0 radical (unpaired) electrons. The summed E-state index contributed by atoms with van der Waals surface area (Å²) in [5.41, 5.74) is 0.431. The van der Waals surface area contributed by atoms with Gasteiger partial charge in [0.25, 0.3) is 5.91 Å². The second kappa shape index (κ2) is 10.6. The molecule has 0 saturated heterocycles. The van der Waals surface area contributed by atoms with E-state index in [1.54, 1.807) is 0 Å². The molecule has 0 saturated carbocycles. The lowest BCUT2D eigenvalue weighted by atomic mass is 10.2. The van der Waals surface area contributed by atoms with Crippen molar-refractivity contribution in [2.75, 3.05) is 13.1 Å². The summed E-state index contributed by atoms with van der Waals surface area (Å²) in [6.45, 7) is 5.59. The van der Waals surface area contributed by atoms with Crippen molar-refractivity contribution < 1.29 is 13.2 Å². The molecular formula is C17H24ClN3O3S2. The Morgan fingerprint density at radius 3 is 2.46 bits per heavy atom. The van der Waals surface area contributed by atoms with Gasteiger partial charge in [-0.1, -0.05) is 13.0 Å². The lowest BCUT2D eigenvalue weighted by Gasteiger charge is -2.13. The van der Waals surface area contributed by atoms with Crippen LogP contribution in [0, 0.1) is 0 Å². The Morgan fingerprint density at radius 1 is 1.19 bits per heavy atom. The molecule has 0 unspecified atom stereocenters. The van der Waals surface area contributed by atoms with Crippen molar-refractivity contribution in [1.82, 2.24) is 15.4 Å². The van der Waals surface area contributed by atoms with Crippen LogP contribution in [0.25, 0.3) is 0 Å². The molecule has 0 bridgehead atoms. The van der Waals surface area contributed by atoms with Crippen LogP contribution in [0.1, 0.15) is 29.1 Å². The van der Waals surface area contributed by atoms with Crippen LogP contribution in [-0.4, -0.2) is 33.5 Å². The standard InChI is InChI=1S/C17H23N3O3S2.ClH/c1-3-18-13(2)11-19-17(21)14-6-8-16(9-7-14)25(22,23)20-12-15-5-4-10-24-15;/h4-10,13,18,20H,3,11-12H2,1-2H3,(H,19,21);1H/t13-;/m1./s1. The quantitative estimate of drug-likeness (QED) is 0.584. The van der Waals surface area contributed by atoms with Crippen LogP contribution in [0.4, 0.5) is 0 Å². The van der Waals surface area contributed by atoms with Crippen molar-refractivity contribution in [1.29, 1.82) is 0 Å². The molecule has 0 aliphatic carbocycles. The largest absolute Gasteiger partial charge is 0.350 e. The number of hydrogen-bond acceptors (Lipinski definition) is 5. The number of sulfonamides is 1. The van der Waals surface area contributed by atoms with Crippen LogP contribution < -0.4 is 15.4 Å². The van der Waals surface area contributed by atoms with Crippen molar-refractivity contribution in [2.24, 2.45) is 0 Å². The first-order valence-corrected chi connectivity index (χ1v) is 10.4. The lowest BCUT2D eigenvalue weighted by Crippen LogP contribution is -2.38. The van der Waals surface area contributed by atoms with Crippen LogP contribution in [0.2, 0.25) is 0 Å². The molecule has 0 fully saturated rings. The molecule has 1 heterocycles. The van der Waals surface area contributed by atoms with Crippen molar-refractivity contribution in [3.8, 4) is 0 Å². The first kappa shape index (κ1) is 22.6. The fourth-order valence-corrected chi connectivity index (χ4v) is 3.96. The lowest BCUT2D eigenvalue weighted by molar-refractivity contribution is 0.0950. The number of thiophene rings is 1. The van der Waals surface area contributed by atoms with Crippen LogP contribution in [0.3, 0.4) is 0 Å². The van der Waals surface area contributed by atoms with E-state index in [1.165, 1.54) is 35.6 Å². The topological polar surface area (TPSA) is 87.3 Å². The van der Waals surface area contributed by atoms with Gasteiger partial charge < -0.3 is 10.6 Å². The van der Waals surface area contributed by atoms with Gasteiger partial charge in [0, 0.05) is 29.6 Å². The highest BCUT2D eigenvalue weighted by atomic mass is 35.5. The first-order chi connectivity index (χ1) is 11.9. The van der Waals surface area contributed by atoms with Crippen molar-refractivity contribution in [3.63, 3.8) is 0 Å². The molecular weight excluding hydrogens is 394 g/mol. The second-order valence-electron chi connectivity index (χ2n) is 5.60. The van der Waals surface area contributed by atoms with E-state index in [1.807, 2.05) is 31.4 Å². The summed E-state index contributed by atoms with van der Waals surface area (Å²) in [5, 5.41) is 7.92. The third-order valence-electron chi connectivity index (χ3n) is 3.56. The Bertz CT molecular complexity index is 778. The van der Waals surface area contributed by atoms with Gasteiger partial charge in [0.1, 0.15) is 0 Å². The summed E-state index contributed by atoms with van der Waals surface area (Å²) in [6, 6.07) is 9.85. The number of nitrogens with one attached hydrogen (secondary N) is 3. The van der Waals surface area contributed by atoms with E-state index in [2.05, 4.69) is 15.4 Å². The number of likely N-dealkylation sites (N-methyl/N-ethyl adjacent to an activating group) is 1. The Labute approximate surface area is 164 Å². The van der Waals surface area contributed by atoms with Gasteiger partial charge in [-0.3, -0.25) is 4.79 Å². The average molecular weight is 418 g/mol. The molecule has 6 nitrogen and oxygen atoms in total. The zero-order valence-corrected chi connectivity index (χ0v) is 17.1. The maximum Gasteiger partial charge on any atom is 0.251 e. The molecule has 0 spiro atoms. The summed E-state index contributed by atoms with van der Waals surface area (Å²) < 4.78 is 27.1. The number of hydrogen-bond donors (Lipinski definition) is 3. The third kappa shape index (κ3) is 6.69. The fraction of sp³-hybridized carbons (Fsp3) is 0.353. The monoisotopic (exact) mass is 417 g/mol. The zero-order valence-electron chi connectivity index (χ0n) is 14.7. The normalized spacial score (nSPS) is 12.2. The van der Waals surface area contributed by atoms with Gasteiger partial charge in [-0.15, -0.1) is 23.7 Å². The number of halogens is 1. The SMILES string of the molecule is CCN[C@H](C)CNC(=O)c1ccc(S(=O)(=O)NCc2cccs2)cc1.Cl. The molecule has 1 aromatic carbocycles. The van der Waals surface area contributed by atoms with Gasteiger partial charge in [-0.05, 0) is 49.2 Å². The van der Waals surface area contributed by atoms with Gasteiger partial charge in [0.2, 0.25) is 10.0 Å². The highest BCUT2D eigenvalue weighted by molar-refractivity contribution is 7.89. The molecule has 26 heavy (non-hydrogen) atoms. The highest BCUT2D eigenvalue weighted by Gasteiger charge is 2.15. The number of benzene rings is 1. The number of amides is 1. The Kier molecular flexibility index (Phi) is 9.24. The van der Waals surface area contributed by atoms with Gasteiger partial charge in [-0.2, -0.15) is 0 Å². The number of carbonyl (C=O) groups excluding carboxylic acids is 1. The minimum absolute atomic E-state index is 0. The van der Waals surface area contributed by atoms with E-state index in [0.717, 1.165) is 11.4 Å². The van der Waals surface area contributed by atoms with Crippen LogP contribution in [-0.2, 0) is 16.6 Å². The van der Waals surface area contributed by atoms with E-state index in [4.69, 9.17) is 0 Å². The Morgan fingerprint density at radius 2 is 1.88 bits per heavy atom. The maximum absolute atomic E-state index is 12.3. The summed E-state index contributed by atoms with van der Waals surface area (Å²) >= 11 is 1.49. The summed E-state index contributed by atoms with van der Waals surface area (Å²) in [4.78, 5) is 13.2. The van der Waals surface area contributed by atoms with Crippen molar-refractivity contribution >= 4 is 39.7 Å². The molecule has 1 amide bonds. The van der Waals surface area contributed by atoms with Crippen LogP contribution >= 0.6 is 23.7 Å². The van der Waals surface area contributed by atoms with Crippen LogP contribution in [0.5, 0.6) is 0 Å². The molecule has 3 N–H and O–H groups in total. The second-order valence-corrected chi connectivity index (χ2v) is 8.40. The minimum atomic E-state index is -3.60.